The van der Waals surface area contributed by atoms with Crippen LogP contribution in [0.3, 0.4) is 0 Å². The van der Waals surface area contributed by atoms with Gasteiger partial charge in [0.05, 0.1) is 12.0 Å². The first-order valence-electron chi connectivity index (χ1n) is 9.52. The summed E-state index contributed by atoms with van der Waals surface area (Å²) in [4.78, 5) is 12.6. The molecule has 0 aliphatic carbocycles. The number of methoxy groups -OCH3 is 1. The maximum atomic E-state index is 12.8. The van der Waals surface area contributed by atoms with E-state index in [1.165, 1.54) is 12.1 Å². The highest BCUT2D eigenvalue weighted by Gasteiger charge is 2.25. The van der Waals surface area contributed by atoms with Crippen LogP contribution in [-0.2, 0) is 16.6 Å². The Hall–Kier alpha value is -2.38. The Kier molecular flexibility index (Phi) is 6.70. The summed E-state index contributed by atoms with van der Waals surface area (Å²) in [7, 11) is -1.92. The van der Waals surface area contributed by atoms with Gasteiger partial charge in [-0.1, -0.05) is 31.0 Å². The van der Waals surface area contributed by atoms with Gasteiger partial charge in [0.2, 0.25) is 10.0 Å². The molecule has 0 bridgehead atoms. The van der Waals surface area contributed by atoms with E-state index in [-0.39, 0.29) is 10.8 Å². The predicted molar refractivity (Wildman–Crippen MR) is 108 cm³/mol. The lowest BCUT2D eigenvalue weighted by molar-refractivity contribution is 0.0950. The molecule has 1 aliphatic rings. The third-order valence-corrected chi connectivity index (χ3v) is 6.86. The zero-order valence-electron chi connectivity index (χ0n) is 16.1. The fourth-order valence-electron chi connectivity index (χ4n) is 3.34. The average Bonchev–Trinajstić information content (AvgIpc) is 3.02. The molecule has 3 rings (SSSR count). The van der Waals surface area contributed by atoms with Crippen molar-refractivity contribution in [3.63, 3.8) is 0 Å². The lowest BCUT2D eigenvalue weighted by atomic mass is 10.2. The van der Waals surface area contributed by atoms with Gasteiger partial charge in [0.15, 0.2) is 0 Å². The Labute approximate surface area is 166 Å². The summed E-state index contributed by atoms with van der Waals surface area (Å²) >= 11 is 0. The number of amides is 1. The molecule has 1 fully saturated rings. The Balaban J connectivity index is 1.67. The minimum absolute atomic E-state index is 0.232. The van der Waals surface area contributed by atoms with Crippen LogP contribution in [0.2, 0.25) is 0 Å². The Morgan fingerprint density at radius 3 is 2.29 bits per heavy atom. The van der Waals surface area contributed by atoms with E-state index >= 15 is 0 Å². The first-order valence-corrected chi connectivity index (χ1v) is 11.0. The topological polar surface area (TPSA) is 75.7 Å². The number of para-hydroxylation sites is 1. The minimum atomic E-state index is -3.51. The van der Waals surface area contributed by atoms with Crippen molar-refractivity contribution in [2.24, 2.45) is 0 Å². The molecule has 1 aliphatic heterocycles. The van der Waals surface area contributed by atoms with Crippen molar-refractivity contribution in [1.82, 2.24) is 9.62 Å². The van der Waals surface area contributed by atoms with E-state index in [4.69, 9.17) is 4.74 Å². The Morgan fingerprint density at radius 1 is 1.00 bits per heavy atom. The largest absolute Gasteiger partial charge is 0.496 e. The van der Waals surface area contributed by atoms with E-state index in [1.54, 1.807) is 23.5 Å². The van der Waals surface area contributed by atoms with E-state index in [2.05, 4.69) is 5.32 Å². The molecule has 6 nitrogen and oxygen atoms in total. The van der Waals surface area contributed by atoms with E-state index in [0.29, 0.717) is 30.9 Å². The smallest absolute Gasteiger partial charge is 0.251 e. The molecule has 28 heavy (non-hydrogen) atoms. The van der Waals surface area contributed by atoms with Gasteiger partial charge >= 0.3 is 0 Å². The molecular formula is C21H26N2O4S. The van der Waals surface area contributed by atoms with E-state index in [1.807, 2.05) is 24.3 Å². The quantitative estimate of drug-likeness (QED) is 0.805. The summed E-state index contributed by atoms with van der Waals surface area (Å²) in [5, 5.41) is 2.84. The van der Waals surface area contributed by atoms with Crippen molar-refractivity contribution in [1.29, 1.82) is 0 Å². The highest BCUT2D eigenvalue weighted by Crippen LogP contribution is 2.21. The standard InChI is InChI=1S/C21H26N2O4S/c1-27-20-9-5-4-8-18(20)16-22-21(24)17-10-12-19(13-11-17)28(25,26)23-14-6-2-3-7-15-23/h4-5,8-13H,2-3,6-7,14-16H2,1H3,(H,22,24). The highest BCUT2D eigenvalue weighted by molar-refractivity contribution is 7.89. The molecule has 0 radical (unpaired) electrons. The summed E-state index contributed by atoms with van der Waals surface area (Å²) < 4.78 is 32.5. The third-order valence-electron chi connectivity index (χ3n) is 4.95. The molecule has 0 saturated carbocycles. The van der Waals surface area contributed by atoms with Gasteiger partial charge in [-0.05, 0) is 43.2 Å². The number of benzene rings is 2. The summed E-state index contributed by atoms with van der Waals surface area (Å²) in [6, 6.07) is 13.6. The van der Waals surface area contributed by atoms with Crippen LogP contribution in [0, 0.1) is 0 Å². The molecule has 0 spiro atoms. The van der Waals surface area contributed by atoms with Crippen molar-refractivity contribution < 1.29 is 17.9 Å². The van der Waals surface area contributed by atoms with Gasteiger partial charge in [0.1, 0.15) is 5.75 Å². The molecule has 1 amide bonds. The van der Waals surface area contributed by atoms with Crippen LogP contribution in [-0.4, -0.2) is 38.8 Å². The molecule has 7 heteroatoms. The first-order chi connectivity index (χ1) is 13.5. The van der Waals surface area contributed by atoms with Crippen molar-refractivity contribution in [3.05, 3.63) is 59.7 Å². The van der Waals surface area contributed by atoms with Crippen LogP contribution in [0.1, 0.15) is 41.6 Å². The Bertz CT molecular complexity index is 902. The second-order valence-electron chi connectivity index (χ2n) is 6.84. The maximum absolute atomic E-state index is 12.8. The molecule has 0 aromatic heterocycles. The number of sulfonamides is 1. The number of hydrogen-bond acceptors (Lipinski definition) is 4. The summed E-state index contributed by atoms with van der Waals surface area (Å²) in [5.74, 6) is 0.450. The third kappa shape index (κ3) is 4.72. The molecule has 1 heterocycles. The van der Waals surface area contributed by atoms with Gasteiger partial charge in [-0.3, -0.25) is 4.79 Å². The zero-order valence-corrected chi connectivity index (χ0v) is 16.9. The van der Waals surface area contributed by atoms with Crippen LogP contribution < -0.4 is 10.1 Å². The molecular weight excluding hydrogens is 376 g/mol. The number of nitrogens with one attached hydrogen (secondary N) is 1. The molecule has 1 N–H and O–H groups in total. The highest BCUT2D eigenvalue weighted by atomic mass is 32.2. The monoisotopic (exact) mass is 402 g/mol. The number of carbonyl (C=O) groups excluding carboxylic acids is 1. The summed E-state index contributed by atoms with van der Waals surface area (Å²) in [5.41, 5.74) is 1.29. The number of rotatable bonds is 6. The van der Waals surface area contributed by atoms with Crippen molar-refractivity contribution >= 4 is 15.9 Å². The van der Waals surface area contributed by atoms with Crippen LogP contribution in [0.5, 0.6) is 5.75 Å². The van der Waals surface area contributed by atoms with Crippen LogP contribution in [0.4, 0.5) is 0 Å². The van der Waals surface area contributed by atoms with Crippen LogP contribution in [0.15, 0.2) is 53.4 Å². The molecule has 0 unspecified atom stereocenters. The SMILES string of the molecule is COc1ccccc1CNC(=O)c1ccc(S(=O)(=O)N2CCCCCC2)cc1. The molecule has 2 aromatic carbocycles. The number of nitrogens with zero attached hydrogens (tertiary/aromatic N) is 1. The molecule has 1 saturated heterocycles. The van der Waals surface area contributed by atoms with E-state index < -0.39 is 10.0 Å². The second-order valence-corrected chi connectivity index (χ2v) is 8.78. The average molecular weight is 403 g/mol. The Morgan fingerprint density at radius 2 is 1.64 bits per heavy atom. The van der Waals surface area contributed by atoms with Crippen molar-refractivity contribution in [2.75, 3.05) is 20.2 Å². The second kappa shape index (κ2) is 9.21. The maximum Gasteiger partial charge on any atom is 0.251 e. The van der Waals surface area contributed by atoms with Crippen molar-refractivity contribution in [3.8, 4) is 5.75 Å². The zero-order chi connectivity index (χ0) is 20.0. The van der Waals surface area contributed by atoms with Crippen molar-refractivity contribution in [2.45, 2.75) is 37.1 Å². The normalized spacial score (nSPS) is 15.6. The van der Waals surface area contributed by atoms with E-state index in [9.17, 15) is 13.2 Å². The van der Waals surface area contributed by atoms with Gasteiger partial charge in [0.25, 0.3) is 5.91 Å². The van der Waals surface area contributed by atoms with Gasteiger partial charge in [0, 0.05) is 30.8 Å². The fourth-order valence-corrected chi connectivity index (χ4v) is 4.85. The minimum Gasteiger partial charge on any atom is -0.496 e. The van der Waals surface area contributed by atoms with Gasteiger partial charge in [-0.2, -0.15) is 4.31 Å². The van der Waals surface area contributed by atoms with Crippen LogP contribution in [0.25, 0.3) is 0 Å². The molecule has 150 valence electrons. The first kappa shape index (κ1) is 20.4. The van der Waals surface area contributed by atoms with E-state index in [0.717, 1.165) is 31.2 Å². The lowest BCUT2D eigenvalue weighted by Crippen LogP contribution is -2.32. The number of hydrogen-bond donors (Lipinski definition) is 1. The number of ether oxygens (including phenoxy) is 1. The molecule has 2 aromatic rings. The summed E-state index contributed by atoms with van der Waals surface area (Å²) in [6.07, 6.45) is 3.92. The van der Waals surface area contributed by atoms with Gasteiger partial charge in [-0.25, -0.2) is 8.42 Å². The lowest BCUT2D eigenvalue weighted by Gasteiger charge is -2.20. The van der Waals surface area contributed by atoms with Gasteiger partial charge < -0.3 is 10.1 Å². The number of carbonyl (C=O) groups is 1. The van der Waals surface area contributed by atoms with Gasteiger partial charge in [-0.15, -0.1) is 0 Å². The fraction of sp³-hybridized carbons (Fsp3) is 0.381. The predicted octanol–water partition coefficient (Wildman–Crippen LogP) is 3.19. The summed E-state index contributed by atoms with van der Waals surface area (Å²) in [6.45, 7) is 1.45. The molecule has 0 atom stereocenters. The van der Waals surface area contributed by atoms with Crippen LogP contribution >= 0.6 is 0 Å².